The monoisotopic (exact) mass is 770 g/mol. The summed E-state index contributed by atoms with van der Waals surface area (Å²) in [5.74, 6) is 1.41. The zero-order valence-corrected chi connectivity index (χ0v) is 32.5. The van der Waals surface area contributed by atoms with Crippen LogP contribution in [0.15, 0.2) is 73.8 Å². The summed E-state index contributed by atoms with van der Waals surface area (Å²) in [5.41, 5.74) is 2.02. The highest BCUT2D eigenvalue weighted by atomic mass is 35.5. The molecule has 6 heterocycles. The zero-order valence-electron chi connectivity index (χ0n) is 31.8. The molecule has 2 atom stereocenters. The molecule has 8 rings (SSSR count). The van der Waals surface area contributed by atoms with Crippen LogP contribution in [0.2, 0.25) is 5.02 Å². The number of aromatic amines is 1. The minimum Gasteiger partial charge on any atom is -0.341 e. The second kappa shape index (κ2) is 15.7. The van der Waals surface area contributed by atoms with E-state index in [1.165, 1.54) is 16.2 Å². The molecule has 4 aromatic heterocycles. The lowest BCUT2D eigenvalue weighted by Gasteiger charge is -2.36. The van der Waals surface area contributed by atoms with Gasteiger partial charge < -0.3 is 20.4 Å². The fourth-order valence-corrected chi connectivity index (χ4v) is 7.73. The van der Waals surface area contributed by atoms with Crippen molar-refractivity contribution >= 4 is 45.8 Å². The van der Waals surface area contributed by atoms with Crippen molar-refractivity contribution in [1.29, 1.82) is 0 Å². The van der Waals surface area contributed by atoms with Crippen molar-refractivity contribution < 1.29 is 0 Å². The van der Waals surface area contributed by atoms with E-state index in [1.54, 1.807) is 14.1 Å². The minimum atomic E-state index is -0.473. The van der Waals surface area contributed by atoms with Crippen LogP contribution in [-0.4, -0.2) is 89.1 Å². The van der Waals surface area contributed by atoms with E-state index in [-0.39, 0.29) is 11.2 Å². The Kier molecular flexibility index (Phi) is 10.8. The number of piperazine rings is 1. The molecule has 3 N–H and O–H groups in total. The van der Waals surface area contributed by atoms with E-state index in [0.29, 0.717) is 58.5 Å². The number of fused-ring (bicyclic) bond motifs is 2. The summed E-state index contributed by atoms with van der Waals surface area (Å²) >= 11 is 6.35. The third-order valence-electron chi connectivity index (χ3n) is 10.2. The van der Waals surface area contributed by atoms with E-state index in [9.17, 15) is 19.2 Å². The topological polar surface area (TPSA) is 165 Å². The van der Waals surface area contributed by atoms with Crippen molar-refractivity contribution in [2.24, 2.45) is 21.1 Å². The second-order valence-corrected chi connectivity index (χ2v) is 14.8. The van der Waals surface area contributed by atoms with Gasteiger partial charge in [0.05, 0.1) is 13.1 Å². The number of aromatic nitrogens is 8. The van der Waals surface area contributed by atoms with Gasteiger partial charge in [0.2, 0.25) is 11.9 Å². The van der Waals surface area contributed by atoms with Crippen LogP contribution >= 0.6 is 11.6 Å². The van der Waals surface area contributed by atoms with Gasteiger partial charge in [-0.2, -0.15) is 9.97 Å². The number of anilines is 2. The molecular weight excluding hydrogens is 724 g/mol. The first-order valence-electron chi connectivity index (χ1n) is 18.5. The quantitative estimate of drug-likeness (QED) is 0.227. The molecule has 0 spiro atoms. The molecule has 55 heavy (non-hydrogen) atoms. The van der Waals surface area contributed by atoms with Crippen LogP contribution < -0.4 is 42.9 Å². The van der Waals surface area contributed by atoms with E-state index in [1.807, 2.05) is 63.7 Å². The predicted molar refractivity (Wildman–Crippen MR) is 216 cm³/mol. The highest BCUT2D eigenvalue weighted by molar-refractivity contribution is 6.31. The van der Waals surface area contributed by atoms with Crippen LogP contribution in [0.25, 0.3) is 22.3 Å². The fraction of sp³-hybridized carbons (Fsp3) is 0.421. The lowest BCUT2D eigenvalue weighted by Crippen LogP contribution is -2.55. The molecular formula is C38H47ClN12O4. The number of benzene rings is 2. The number of nitrogens with zero attached hydrogens (tertiary/aromatic N) is 9. The average Bonchev–Trinajstić information content (AvgIpc) is 3.61. The van der Waals surface area contributed by atoms with Crippen LogP contribution in [0.3, 0.4) is 0 Å². The van der Waals surface area contributed by atoms with Gasteiger partial charge in [-0.15, -0.1) is 0 Å². The average molecular weight is 771 g/mol. The minimum absolute atomic E-state index is 0.306. The van der Waals surface area contributed by atoms with Crippen molar-refractivity contribution in [1.82, 2.24) is 48.4 Å². The molecule has 2 aromatic carbocycles. The zero-order chi connectivity index (χ0) is 39.0. The van der Waals surface area contributed by atoms with Gasteiger partial charge in [-0.25, -0.2) is 9.59 Å². The molecule has 0 radical (unpaired) electrons. The third kappa shape index (κ3) is 7.49. The molecule has 6 aromatic rings. The number of rotatable bonds is 6. The lowest BCUT2D eigenvalue weighted by molar-refractivity contribution is 0.401. The summed E-state index contributed by atoms with van der Waals surface area (Å²) in [5, 5.41) is 7.52. The maximum absolute atomic E-state index is 13.0. The van der Waals surface area contributed by atoms with Crippen LogP contribution in [0.4, 0.5) is 11.9 Å². The van der Waals surface area contributed by atoms with Crippen molar-refractivity contribution in [3.63, 3.8) is 0 Å². The highest BCUT2D eigenvalue weighted by Crippen LogP contribution is 2.25. The second-order valence-electron chi connectivity index (χ2n) is 14.4. The number of hydrogen-bond acceptors (Lipinski definition) is 10. The first kappa shape index (κ1) is 37.8. The lowest BCUT2D eigenvalue weighted by atomic mass is 10.1. The largest absolute Gasteiger partial charge is 0.341 e. The summed E-state index contributed by atoms with van der Waals surface area (Å²) in [7, 11) is 4.79. The molecule has 17 heteroatoms. The molecule has 2 aliphatic rings. The molecule has 2 saturated heterocycles. The van der Waals surface area contributed by atoms with Crippen LogP contribution in [-0.2, 0) is 34.2 Å². The van der Waals surface area contributed by atoms with E-state index in [0.717, 1.165) is 67.3 Å². The number of nitrogens with one attached hydrogen (secondary N) is 3. The van der Waals surface area contributed by atoms with Crippen LogP contribution in [0.5, 0.6) is 0 Å². The SMILES string of the molecule is CC1CN(c2nc3c(c(=O)n(C)c(=O)n3C)n2Cc2ccccc2)CC(C)N1.Cn1c(=O)[nH]c(=O)c2c1nc(N1CCCNCC1)n2Cc1ccccc1Cl. The Hall–Kier alpha value is -5.45. The summed E-state index contributed by atoms with van der Waals surface area (Å²) in [4.78, 5) is 66.3. The summed E-state index contributed by atoms with van der Waals surface area (Å²) < 4.78 is 7.80. The van der Waals surface area contributed by atoms with Crippen molar-refractivity contribution in [2.75, 3.05) is 49.1 Å². The van der Waals surface area contributed by atoms with Gasteiger partial charge in [0.25, 0.3) is 11.1 Å². The molecule has 0 aliphatic carbocycles. The Bertz CT molecular complexity index is 2570. The van der Waals surface area contributed by atoms with Gasteiger partial charge in [0.1, 0.15) is 0 Å². The highest BCUT2D eigenvalue weighted by Gasteiger charge is 2.28. The first-order valence-corrected chi connectivity index (χ1v) is 18.9. The van der Waals surface area contributed by atoms with Crippen LogP contribution in [0, 0.1) is 0 Å². The van der Waals surface area contributed by atoms with Crippen molar-refractivity contribution in [3.8, 4) is 0 Å². The van der Waals surface area contributed by atoms with E-state index in [2.05, 4.69) is 44.2 Å². The Labute approximate surface area is 321 Å². The smallest absolute Gasteiger partial charge is 0.332 e. The summed E-state index contributed by atoms with van der Waals surface area (Å²) in [6.45, 7) is 10.2. The number of H-pyrrole nitrogens is 1. The maximum Gasteiger partial charge on any atom is 0.332 e. The molecule has 290 valence electrons. The normalized spacial score (nSPS) is 17.7. The van der Waals surface area contributed by atoms with Gasteiger partial charge in [0, 0.05) is 71.0 Å². The van der Waals surface area contributed by atoms with E-state index in [4.69, 9.17) is 16.6 Å². The predicted octanol–water partition coefficient (Wildman–Crippen LogP) is 1.59. The molecule has 2 unspecified atom stereocenters. The number of halogens is 1. The molecule has 0 amide bonds. The Morgan fingerprint density at radius 1 is 0.727 bits per heavy atom. The third-order valence-corrected chi connectivity index (χ3v) is 10.6. The number of hydrogen-bond donors (Lipinski definition) is 3. The van der Waals surface area contributed by atoms with Crippen molar-refractivity contribution in [2.45, 2.75) is 45.4 Å². The first-order chi connectivity index (χ1) is 26.4. The van der Waals surface area contributed by atoms with Gasteiger partial charge >= 0.3 is 11.4 Å². The van der Waals surface area contributed by atoms with Crippen LogP contribution in [0.1, 0.15) is 31.4 Å². The van der Waals surface area contributed by atoms with E-state index < -0.39 is 11.2 Å². The fourth-order valence-electron chi connectivity index (χ4n) is 7.54. The molecule has 2 fully saturated rings. The van der Waals surface area contributed by atoms with Gasteiger partial charge in [0.15, 0.2) is 22.3 Å². The van der Waals surface area contributed by atoms with Gasteiger partial charge in [-0.05, 0) is 44.0 Å². The Balaban J connectivity index is 0.000000169. The summed E-state index contributed by atoms with van der Waals surface area (Å²) in [6, 6.07) is 18.2. The molecule has 2 aliphatic heterocycles. The summed E-state index contributed by atoms with van der Waals surface area (Å²) in [6.07, 6.45) is 0.977. The van der Waals surface area contributed by atoms with Crippen molar-refractivity contribution in [3.05, 3.63) is 112 Å². The van der Waals surface area contributed by atoms with Gasteiger partial charge in [-0.3, -0.25) is 37.4 Å². The molecule has 16 nitrogen and oxygen atoms in total. The standard InChI is InChI=1S/C20H26N6O2.C18H21ClN6O2/c1-13-10-25(11-14(2)21-13)19-22-17-16(18(27)24(4)20(28)23(17)3)26(19)12-15-8-6-5-7-9-15;1-23-15-14(16(26)22-18(23)27)25(11-12-5-2-3-6-13(12)19)17(21-15)24-9-4-7-20-8-10-24/h5-9,13-14,21H,10-12H2,1-4H3;2-3,5-6,20H,4,7-11H2,1H3,(H,22,26,27). The maximum atomic E-state index is 13.0. The Morgan fingerprint density at radius 3 is 2.07 bits per heavy atom. The van der Waals surface area contributed by atoms with E-state index >= 15 is 0 Å². The molecule has 0 saturated carbocycles. The number of aryl methyl sites for hydroxylation is 2. The number of imidazole rings is 2. The van der Waals surface area contributed by atoms with Gasteiger partial charge in [-0.1, -0.05) is 60.1 Å². The Morgan fingerprint density at radius 2 is 1.36 bits per heavy atom. The molecule has 0 bridgehead atoms.